The molecule has 62 valence electrons. The third-order valence-corrected chi connectivity index (χ3v) is 0.835. The summed E-state index contributed by atoms with van der Waals surface area (Å²) in [5, 5.41) is 14.2. The molecule has 5 nitrogen and oxygen atoms in total. The molecule has 1 aromatic heterocycles. The fraction of sp³-hybridized carbons (Fsp3) is 0.200. The molecule has 1 rings (SSSR count). The first-order valence-corrected chi connectivity index (χ1v) is 2.62. The highest BCUT2D eigenvalue weighted by molar-refractivity contribution is 5.85. The Morgan fingerprint density at radius 3 is 3.00 bits per heavy atom. The van der Waals surface area contributed by atoms with Crippen LogP contribution in [0.2, 0.25) is 0 Å². The van der Waals surface area contributed by atoms with Crippen molar-refractivity contribution in [2.45, 2.75) is 0 Å². The quantitative estimate of drug-likeness (QED) is 0.698. The van der Waals surface area contributed by atoms with Crippen LogP contribution in [0.1, 0.15) is 0 Å². The number of aromatic nitrogens is 2. The van der Waals surface area contributed by atoms with Crippen LogP contribution in [0, 0.1) is 0 Å². The summed E-state index contributed by atoms with van der Waals surface area (Å²) in [6.07, 6.45) is 2.88. The van der Waals surface area contributed by atoms with E-state index in [0.717, 1.165) is 0 Å². The number of H-pyrrole nitrogens is 1. The number of halogens is 1. The van der Waals surface area contributed by atoms with E-state index in [4.69, 9.17) is 9.84 Å². The Labute approximate surface area is 68.8 Å². The van der Waals surface area contributed by atoms with Crippen LogP contribution in [0.3, 0.4) is 0 Å². The van der Waals surface area contributed by atoms with Crippen molar-refractivity contribution in [1.82, 2.24) is 10.2 Å². The highest BCUT2D eigenvalue weighted by Crippen LogP contribution is 2.03. The predicted molar refractivity (Wildman–Crippen MR) is 39.0 cm³/mol. The Hall–Kier alpha value is -1.23. The van der Waals surface area contributed by atoms with E-state index in [1.54, 1.807) is 0 Å². The van der Waals surface area contributed by atoms with Crippen molar-refractivity contribution in [2.24, 2.45) is 0 Å². The van der Waals surface area contributed by atoms with Gasteiger partial charge in [-0.25, -0.2) is 4.79 Å². The number of carboxylic acids is 1. The third-order valence-electron chi connectivity index (χ3n) is 0.835. The summed E-state index contributed by atoms with van der Waals surface area (Å²) in [4.78, 5) is 9.94. The first-order valence-electron chi connectivity index (χ1n) is 2.62. The Balaban J connectivity index is 0.000001000. The standard InChI is InChI=1S/C5H6N2O3.ClH/c8-5(9)3-10-4-1-6-7-2-4;/h1-2H,3H2,(H,6,7)(H,8,9);1H. The monoisotopic (exact) mass is 178 g/mol. The van der Waals surface area contributed by atoms with Gasteiger partial charge in [0.1, 0.15) is 0 Å². The highest BCUT2D eigenvalue weighted by Gasteiger charge is 1.97. The minimum absolute atomic E-state index is 0. The van der Waals surface area contributed by atoms with E-state index < -0.39 is 5.97 Å². The van der Waals surface area contributed by atoms with Crippen molar-refractivity contribution in [3.8, 4) is 5.75 Å². The number of hydrogen-bond acceptors (Lipinski definition) is 3. The van der Waals surface area contributed by atoms with Crippen LogP contribution in [0.15, 0.2) is 12.4 Å². The molecule has 11 heavy (non-hydrogen) atoms. The number of carbonyl (C=O) groups is 1. The fourth-order valence-corrected chi connectivity index (χ4v) is 0.463. The van der Waals surface area contributed by atoms with E-state index in [9.17, 15) is 4.79 Å². The fourth-order valence-electron chi connectivity index (χ4n) is 0.463. The molecule has 0 aliphatic rings. The van der Waals surface area contributed by atoms with Crippen molar-refractivity contribution in [3.05, 3.63) is 12.4 Å². The number of aromatic amines is 1. The van der Waals surface area contributed by atoms with E-state index in [0.29, 0.717) is 5.75 Å². The summed E-state index contributed by atoms with van der Waals surface area (Å²) in [7, 11) is 0. The maximum atomic E-state index is 9.94. The molecule has 0 aliphatic heterocycles. The Bertz CT molecular complexity index is 212. The lowest BCUT2D eigenvalue weighted by Crippen LogP contribution is -2.08. The van der Waals surface area contributed by atoms with Gasteiger partial charge in [-0.05, 0) is 0 Å². The largest absolute Gasteiger partial charge is 0.479 e. The molecule has 0 radical (unpaired) electrons. The van der Waals surface area contributed by atoms with Crippen LogP contribution in [0.25, 0.3) is 0 Å². The molecule has 0 unspecified atom stereocenters. The van der Waals surface area contributed by atoms with Gasteiger partial charge in [0.2, 0.25) is 0 Å². The van der Waals surface area contributed by atoms with E-state index in [2.05, 4.69) is 10.2 Å². The minimum atomic E-state index is -0.999. The van der Waals surface area contributed by atoms with E-state index in [1.165, 1.54) is 12.4 Å². The second-order valence-corrected chi connectivity index (χ2v) is 1.62. The average Bonchev–Trinajstić information content (AvgIpc) is 2.34. The van der Waals surface area contributed by atoms with Crippen molar-refractivity contribution in [2.75, 3.05) is 6.61 Å². The number of rotatable bonds is 3. The molecule has 0 aromatic carbocycles. The zero-order valence-corrected chi connectivity index (χ0v) is 6.30. The molecule has 0 amide bonds. The molecule has 0 aliphatic carbocycles. The van der Waals surface area contributed by atoms with Crippen LogP contribution < -0.4 is 4.74 Å². The molecule has 0 bridgehead atoms. The predicted octanol–water partition coefficient (Wildman–Crippen LogP) is 0.295. The number of nitrogens with zero attached hydrogens (tertiary/aromatic N) is 1. The van der Waals surface area contributed by atoms with Crippen LogP contribution in [0.5, 0.6) is 5.75 Å². The average molecular weight is 179 g/mol. The lowest BCUT2D eigenvalue weighted by molar-refractivity contribution is -0.139. The van der Waals surface area contributed by atoms with Crippen LogP contribution >= 0.6 is 12.4 Å². The zero-order valence-electron chi connectivity index (χ0n) is 5.48. The number of carboxylic acid groups (broad SMARTS) is 1. The SMILES string of the molecule is Cl.O=C(O)COc1cn[nH]c1. The zero-order chi connectivity index (χ0) is 7.40. The second-order valence-electron chi connectivity index (χ2n) is 1.62. The summed E-state index contributed by atoms with van der Waals surface area (Å²) < 4.78 is 4.71. The summed E-state index contributed by atoms with van der Waals surface area (Å²) >= 11 is 0. The van der Waals surface area contributed by atoms with Crippen LogP contribution in [-0.2, 0) is 4.79 Å². The minimum Gasteiger partial charge on any atom is -0.479 e. The van der Waals surface area contributed by atoms with Gasteiger partial charge in [0.05, 0.1) is 12.4 Å². The molecular formula is C5H7ClN2O3. The summed E-state index contributed by atoms with van der Waals surface area (Å²) in [5.41, 5.74) is 0. The van der Waals surface area contributed by atoms with Crippen LogP contribution in [0.4, 0.5) is 0 Å². The van der Waals surface area contributed by atoms with Gasteiger partial charge in [0, 0.05) is 0 Å². The summed E-state index contributed by atoms with van der Waals surface area (Å²) in [6, 6.07) is 0. The highest BCUT2D eigenvalue weighted by atomic mass is 35.5. The topological polar surface area (TPSA) is 75.2 Å². The number of ether oxygens (including phenoxy) is 1. The Morgan fingerprint density at radius 1 is 1.82 bits per heavy atom. The molecule has 0 fully saturated rings. The Kier molecular flexibility index (Phi) is 4.05. The molecular weight excluding hydrogens is 172 g/mol. The lowest BCUT2D eigenvalue weighted by atomic mass is 10.6. The third kappa shape index (κ3) is 3.47. The number of nitrogens with one attached hydrogen (secondary N) is 1. The van der Waals surface area contributed by atoms with Gasteiger partial charge in [0.25, 0.3) is 0 Å². The molecule has 1 heterocycles. The molecule has 6 heteroatoms. The van der Waals surface area contributed by atoms with Gasteiger partial charge in [0.15, 0.2) is 12.4 Å². The van der Waals surface area contributed by atoms with E-state index in [-0.39, 0.29) is 19.0 Å². The van der Waals surface area contributed by atoms with Gasteiger partial charge in [-0.3, -0.25) is 5.10 Å². The van der Waals surface area contributed by atoms with Crippen molar-refractivity contribution in [1.29, 1.82) is 0 Å². The van der Waals surface area contributed by atoms with Crippen molar-refractivity contribution < 1.29 is 14.6 Å². The molecule has 2 N–H and O–H groups in total. The second kappa shape index (κ2) is 4.56. The normalized spacial score (nSPS) is 8.36. The van der Waals surface area contributed by atoms with Crippen molar-refractivity contribution in [3.63, 3.8) is 0 Å². The molecule has 0 spiro atoms. The first-order chi connectivity index (χ1) is 4.79. The summed E-state index contributed by atoms with van der Waals surface area (Å²) in [5.74, 6) is -0.566. The van der Waals surface area contributed by atoms with E-state index >= 15 is 0 Å². The lowest BCUT2D eigenvalue weighted by Gasteiger charge is -1.95. The molecule has 0 saturated carbocycles. The van der Waals surface area contributed by atoms with Gasteiger partial charge in [-0.1, -0.05) is 0 Å². The smallest absolute Gasteiger partial charge is 0.341 e. The molecule has 1 aromatic rings. The van der Waals surface area contributed by atoms with Gasteiger partial charge in [-0.15, -0.1) is 12.4 Å². The number of hydrogen-bond donors (Lipinski definition) is 2. The van der Waals surface area contributed by atoms with Crippen molar-refractivity contribution >= 4 is 18.4 Å². The first kappa shape index (κ1) is 9.77. The number of aliphatic carboxylic acids is 1. The maximum absolute atomic E-state index is 9.94. The molecule has 0 saturated heterocycles. The van der Waals surface area contributed by atoms with Gasteiger partial charge in [-0.2, -0.15) is 5.10 Å². The van der Waals surface area contributed by atoms with Crippen LogP contribution in [-0.4, -0.2) is 27.9 Å². The summed E-state index contributed by atoms with van der Waals surface area (Å²) in [6.45, 7) is -0.334. The van der Waals surface area contributed by atoms with Gasteiger partial charge < -0.3 is 9.84 Å². The van der Waals surface area contributed by atoms with E-state index in [1.807, 2.05) is 0 Å². The van der Waals surface area contributed by atoms with Gasteiger partial charge >= 0.3 is 5.97 Å². The Morgan fingerprint density at radius 2 is 2.55 bits per heavy atom. The maximum Gasteiger partial charge on any atom is 0.341 e. The molecule has 0 atom stereocenters.